The molecule has 0 aliphatic carbocycles. The molecule has 1 fully saturated rings. The first-order chi connectivity index (χ1) is 8.72. The molecule has 0 spiro atoms. The highest BCUT2D eigenvalue weighted by molar-refractivity contribution is 5.97. The number of rotatable bonds is 2. The zero-order valence-electron chi connectivity index (χ0n) is 10.5. The topological polar surface area (TPSA) is 56.1 Å². The molecule has 1 aromatic rings. The van der Waals surface area contributed by atoms with Crippen LogP contribution in [0.2, 0.25) is 0 Å². The Kier molecular flexibility index (Phi) is 3.96. The first-order valence-electron chi connectivity index (χ1n) is 6.21. The Balaban J connectivity index is 2.22. The first-order valence-corrected chi connectivity index (χ1v) is 6.21. The molecule has 1 N–H and O–H groups in total. The molecule has 1 atom stereocenters. The molecule has 4 nitrogen and oxygen atoms in total. The van der Waals surface area contributed by atoms with E-state index in [1.165, 1.54) is 5.56 Å². The number of carbonyl (C=O) groups excluding carboxylic acids is 1. The third kappa shape index (κ3) is 2.69. The van der Waals surface area contributed by atoms with Crippen molar-refractivity contribution in [3.05, 3.63) is 29.8 Å². The largest absolute Gasteiger partial charge is 0.311 e. The van der Waals surface area contributed by atoms with Gasteiger partial charge in [0.15, 0.2) is 0 Å². The van der Waals surface area contributed by atoms with E-state index in [2.05, 4.69) is 11.4 Å². The molecule has 0 aromatic heterocycles. The molecule has 1 aliphatic rings. The van der Waals surface area contributed by atoms with Crippen LogP contribution in [0.3, 0.4) is 0 Å². The fraction of sp³-hybridized carbons (Fsp3) is 0.429. The zero-order chi connectivity index (χ0) is 13.0. The van der Waals surface area contributed by atoms with E-state index in [-0.39, 0.29) is 18.4 Å². The highest BCUT2D eigenvalue weighted by Crippen LogP contribution is 2.18. The monoisotopic (exact) mass is 243 g/mol. The molecule has 1 saturated heterocycles. The van der Waals surface area contributed by atoms with Gasteiger partial charge in [-0.2, -0.15) is 5.26 Å². The van der Waals surface area contributed by atoms with Crippen LogP contribution in [-0.4, -0.2) is 25.0 Å². The molecule has 0 radical (unpaired) electrons. The van der Waals surface area contributed by atoms with Gasteiger partial charge in [-0.05, 0) is 32.0 Å². The quantitative estimate of drug-likeness (QED) is 0.858. The Morgan fingerprint density at radius 1 is 1.44 bits per heavy atom. The van der Waals surface area contributed by atoms with Gasteiger partial charge in [0.1, 0.15) is 6.04 Å². The number of benzene rings is 1. The minimum Gasteiger partial charge on any atom is -0.311 e. The smallest absolute Gasteiger partial charge is 0.245 e. The van der Waals surface area contributed by atoms with Crippen LogP contribution in [0.15, 0.2) is 24.3 Å². The van der Waals surface area contributed by atoms with Gasteiger partial charge in [-0.1, -0.05) is 17.7 Å². The molecule has 1 amide bonds. The second kappa shape index (κ2) is 5.65. The van der Waals surface area contributed by atoms with Crippen molar-refractivity contribution in [2.24, 2.45) is 0 Å². The fourth-order valence-corrected chi connectivity index (χ4v) is 2.13. The Morgan fingerprint density at radius 3 is 2.83 bits per heavy atom. The average molecular weight is 243 g/mol. The van der Waals surface area contributed by atoms with Crippen LogP contribution < -0.4 is 10.2 Å². The lowest BCUT2D eigenvalue weighted by molar-refractivity contribution is -0.120. The predicted octanol–water partition coefficient (Wildman–Crippen LogP) is 1.60. The molecule has 4 heteroatoms. The number of hydrogen-bond donors (Lipinski definition) is 1. The van der Waals surface area contributed by atoms with Crippen LogP contribution in [0.1, 0.15) is 18.4 Å². The van der Waals surface area contributed by atoms with Crippen molar-refractivity contribution < 1.29 is 4.79 Å². The Bertz CT molecular complexity index is 461. The van der Waals surface area contributed by atoms with Crippen LogP contribution in [0, 0.1) is 18.3 Å². The summed E-state index contributed by atoms with van der Waals surface area (Å²) in [5.41, 5.74) is 2.09. The second-order valence-corrected chi connectivity index (χ2v) is 4.55. The molecular formula is C14H17N3O. The maximum Gasteiger partial charge on any atom is 0.245 e. The SMILES string of the molecule is Cc1ccc(N2CCCNC(CC#N)C2=O)cc1. The summed E-state index contributed by atoms with van der Waals surface area (Å²) in [6.45, 7) is 3.51. The Labute approximate surface area is 107 Å². The van der Waals surface area contributed by atoms with Gasteiger partial charge in [0.05, 0.1) is 12.5 Å². The van der Waals surface area contributed by atoms with Gasteiger partial charge in [0, 0.05) is 12.2 Å². The van der Waals surface area contributed by atoms with Crippen LogP contribution in [0.25, 0.3) is 0 Å². The minimum absolute atomic E-state index is 0.00194. The van der Waals surface area contributed by atoms with E-state index in [1.54, 1.807) is 4.90 Å². The van der Waals surface area contributed by atoms with Gasteiger partial charge in [-0.3, -0.25) is 4.79 Å². The summed E-state index contributed by atoms with van der Waals surface area (Å²) >= 11 is 0. The summed E-state index contributed by atoms with van der Waals surface area (Å²) in [5, 5.41) is 11.9. The van der Waals surface area contributed by atoms with E-state index in [4.69, 9.17) is 5.26 Å². The van der Waals surface area contributed by atoms with Crippen LogP contribution in [0.4, 0.5) is 5.69 Å². The van der Waals surface area contributed by atoms with Gasteiger partial charge in [0.25, 0.3) is 0 Å². The number of hydrogen-bond acceptors (Lipinski definition) is 3. The highest BCUT2D eigenvalue weighted by Gasteiger charge is 2.27. The van der Waals surface area contributed by atoms with E-state index in [0.29, 0.717) is 6.54 Å². The third-order valence-electron chi connectivity index (χ3n) is 3.15. The van der Waals surface area contributed by atoms with Crippen molar-refractivity contribution in [1.82, 2.24) is 5.32 Å². The van der Waals surface area contributed by atoms with E-state index in [9.17, 15) is 4.79 Å². The molecule has 1 unspecified atom stereocenters. The van der Waals surface area contributed by atoms with Crippen molar-refractivity contribution in [2.75, 3.05) is 18.0 Å². The molecule has 2 rings (SSSR count). The van der Waals surface area contributed by atoms with E-state index in [1.807, 2.05) is 31.2 Å². The highest BCUT2D eigenvalue weighted by atomic mass is 16.2. The van der Waals surface area contributed by atoms with Crippen molar-refractivity contribution in [2.45, 2.75) is 25.8 Å². The molecule has 0 saturated carbocycles. The number of amides is 1. The van der Waals surface area contributed by atoms with E-state index >= 15 is 0 Å². The Morgan fingerprint density at radius 2 is 2.17 bits per heavy atom. The summed E-state index contributed by atoms with van der Waals surface area (Å²) in [5.74, 6) is -0.00194. The number of aryl methyl sites for hydroxylation is 1. The first kappa shape index (κ1) is 12.6. The number of anilines is 1. The van der Waals surface area contributed by atoms with E-state index in [0.717, 1.165) is 18.7 Å². The molecule has 1 aromatic carbocycles. The molecule has 94 valence electrons. The molecule has 0 bridgehead atoms. The van der Waals surface area contributed by atoms with Gasteiger partial charge in [-0.25, -0.2) is 0 Å². The number of nitriles is 1. The summed E-state index contributed by atoms with van der Waals surface area (Å²) in [6, 6.07) is 9.61. The summed E-state index contributed by atoms with van der Waals surface area (Å²) < 4.78 is 0. The van der Waals surface area contributed by atoms with Gasteiger partial charge >= 0.3 is 0 Å². The number of nitrogens with zero attached hydrogens (tertiary/aromatic N) is 2. The van der Waals surface area contributed by atoms with Crippen LogP contribution in [0.5, 0.6) is 0 Å². The lowest BCUT2D eigenvalue weighted by atomic mass is 10.1. The van der Waals surface area contributed by atoms with Crippen molar-refractivity contribution >= 4 is 11.6 Å². The van der Waals surface area contributed by atoms with Gasteiger partial charge in [0.2, 0.25) is 5.91 Å². The van der Waals surface area contributed by atoms with Gasteiger partial charge < -0.3 is 10.2 Å². The Hall–Kier alpha value is -1.86. The maximum absolute atomic E-state index is 12.3. The second-order valence-electron chi connectivity index (χ2n) is 4.55. The van der Waals surface area contributed by atoms with Crippen LogP contribution >= 0.6 is 0 Å². The molecular weight excluding hydrogens is 226 g/mol. The lowest BCUT2D eigenvalue weighted by Gasteiger charge is -2.23. The molecule has 1 heterocycles. The minimum atomic E-state index is -0.376. The zero-order valence-corrected chi connectivity index (χ0v) is 10.5. The standard InChI is InChI=1S/C14H17N3O/c1-11-3-5-12(6-4-11)17-10-2-9-16-13(7-8-15)14(17)18/h3-6,13,16H,2,7,9-10H2,1H3. The fourth-order valence-electron chi connectivity index (χ4n) is 2.13. The van der Waals surface area contributed by atoms with Crippen molar-refractivity contribution in [3.8, 4) is 6.07 Å². The summed E-state index contributed by atoms with van der Waals surface area (Å²) in [6.07, 6.45) is 1.13. The lowest BCUT2D eigenvalue weighted by Crippen LogP contribution is -2.43. The third-order valence-corrected chi connectivity index (χ3v) is 3.15. The summed E-state index contributed by atoms with van der Waals surface area (Å²) in [4.78, 5) is 14.1. The van der Waals surface area contributed by atoms with Crippen molar-refractivity contribution in [3.63, 3.8) is 0 Å². The predicted molar refractivity (Wildman–Crippen MR) is 70.2 cm³/mol. The molecule has 18 heavy (non-hydrogen) atoms. The average Bonchev–Trinajstić information content (AvgIpc) is 2.55. The number of nitrogens with one attached hydrogen (secondary N) is 1. The molecule has 1 aliphatic heterocycles. The number of carbonyl (C=O) groups is 1. The van der Waals surface area contributed by atoms with Gasteiger partial charge in [-0.15, -0.1) is 0 Å². The van der Waals surface area contributed by atoms with Crippen LogP contribution in [-0.2, 0) is 4.79 Å². The van der Waals surface area contributed by atoms with E-state index < -0.39 is 0 Å². The normalized spacial score (nSPS) is 20.3. The van der Waals surface area contributed by atoms with Crippen molar-refractivity contribution in [1.29, 1.82) is 5.26 Å². The summed E-state index contributed by atoms with van der Waals surface area (Å²) in [7, 11) is 0. The maximum atomic E-state index is 12.3.